The topological polar surface area (TPSA) is 41.7 Å². The maximum Gasteiger partial charge on any atom is 0.0568 e. The minimum Gasteiger partial charge on any atom is -0.375 e. The third-order valence-corrected chi connectivity index (χ3v) is 4.67. The summed E-state index contributed by atoms with van der Waals surface area (Å²) in [6, 6.07) is 0. The second-order valence-corrected chi connectivity index (χ2v) is 6.02. The van der Waals surface area contributed by atoms with Gasteiger partial charge in [-0.3, -0.25) is 4.90 Å². The van der Waals surface area contributed by atoms with E-state index in [1.54, 1.807) is 0 Å². The fraction of sp³-hybridized carbons (Fsp3) is 1.00. The van der Waals surface area contributed by atoms with Gasteiger partial charge in [0.2, 0.25) is 0 Å². The van der Waals surface area contributed by atoms with E-state index in [1.165, 1.54) is 19.6 Å². The number of likely N-dealkylation sites (N-methyl/N-ethyl adjacent to an activating group) is 1. The summed E-state index contributed by atoms with van der Waals surface area (Å²) in [4.78, 5) is 5.15. The lowest BCUT2D eigenvalue weighted by molar-refractivity contribution is -0.110. The van der Waals surface area contributed by atoms with Crippen LogP contribution in [-0.2, 0) is 4.74 Å². The fourth-order valence-electron chi connectivity index (χ4n) is 3.74. The van der Waals surface area contributed by atoms with Gasteiger partial charge in [-0.15, -0.1) is 0 Å². The van der Waals surface area contributed by atoms with Gasteiger partial charge >= 0.3 is 0 Å². The van der Waals surface area contributed by atoms with Crippen LogP contribution >= 0.6 is 0 Å². The number of nitrogens with zero attached hydrogens (tertiary/aromatic N) is 2. The van der Waals surface area contributed by atoms with Gasteiger partial charge in [-0.05, 0) is 33.2 Å². The smallest absolute Gasteiger partial charge is 0.0568 e. The molecule has 2 rings (SSSR count). The second-order valence-electron chi connectivity index (χ2n) is 6.02. The SMILES string of the molecule is CCN1CCN(C2(CN)CC(C)OC(C)C2)CC1. The summed E-state index contributed by atoms with van der Waals surface area (Å²) in [6.45, 7) is 13.2. The molecule has 2 heterocycles. The average molecular weight is 255 g/mol. The predicted octanol–water partition coefficient (Wildman–Crippen LogP) is 0.909. The Balaban J connectivity index is 2.03. The van der Waals surface area contributed by atoms with E-state index in [9.17, 15) is 0 Å². The second kappa shape index (κ2) is 5.87. The summed E-state index contributed by atoms with van der Waals surface area (Å²) < 4.78 is 5.88. The highest BCUT2D eigenvalue weighted by atomic mass is 16.5. The number of nitrogens with two attached hydrogens (primary N) is 1. The van der Waals surface area contributed by atoms with Gasteiger partial charge in [-0.2, -0.15) is 0 Å². The largest absolute Gasteiger partial charge is 0.375 e. The Morgan fingerprint density at radius 1 is 1.11 bits per heavy atom. The summed E-state index contributed by atoms with van der Waals surface area (Å²) in [6.07, 6.45) is 2.84. The molecule has 0 aromatic carbocycles. The maximum absolute atomic E-state index is 6.15. The van der Waals surface area contributed by atoms with Crippen molar-refractivity contribution in [2.45, 2.75) is 51.4 Å². The molecule has 4 nitrogen and oxygen atoms in total. The molecule has 0 spiro atoms. The number of ether oxygens (including phenoxy) is 1. The molecule has 4 heteroatoms. The molecule has 2 N–H and O–H groups in total. The Morgan fingerprint density at radius 3 is 2.11 bits per heavy atom. The van der Waals surface area contributed by atoms with E-state index in [1.807, 2.05) is 0 Å². The molecule has 0 aromatic rings. The molecule has 106 valence electrons. The molecule has 0 saturated carbocycles. The molecule has 2 saturated heterocycles. The van der Waals surface area contributed by atoms with Crippen LogP contribution in [0.1, 0.15) is 33.6 Å². The molecule has 0 aromatic heterocycles. The zero-order valence-corrected chi connectivity index (χ0v) is 12.2. The van der Waals surface area contributed by atoms with Gasteiger partial charge in [-0.25, -0.2) is 0 Å². The first-order valence-electron chi connectivity index (χ1n) is 7.42. The van der Waals surface area contributed by atoms with Gasteiger partial charge in [0.1, 0.15) is 0 Å². The summed E-state index contributed by atoms with van der Waals surface area (Å²) in [5.74, 6) is 0. The zero-order valence-electron chi connectivity index (χ0n) is 12.2. The monoisotopic (exact) mass is 255 g/mol. The Bertz CT molecular complexity index is 254. The van der Waals surface area contributed by atoms with Gasteiger partial charge < -0.3 is 15.4 Å². The highest BCUT2D eigenvalue weighted by Crippen LogP contribution is 2.34. The summed E-state index contributed by atoms with van der Waals surface area (Å²) >= 11 is 0. The first-order chi connectivity index (χ1) is 8.59. The first-order valence-corrected chi connectivity index (χ1v) is 7.42. The van der Waals surface area contributed by atoms with E-state index in [4.69, 9.17) is 10.5 Å². The fourth-order valence-corrected chi connectivity index (χ4v) is 3.74. The molecule has 2 aliphatic rings. The van der Waals surface area contributed by atoms with Crippen molar-refractivity contribution in [3.05, 3.63) is 0 Å². The molecule has 18 heavy (non-hydrogen) atoms. The number of rotatable bonds is 3. The average Bonchev–Trinajstić information content (AvgIpc) is 2.37. The van der Waals surface area contributed by atoms with E-state index in [2.05, 4.69) is 30.6 Å². The first kappa shape index (κ1) is 14.3. The van der Waals surface area contributed by atoms with Gasteiger partial charge in [0, 0.05) is 38.3 Å². The van der Waals surface area contributed by atoms with Crippen molar-refractivity contribution in [3.63, 3.8) is 0 Å². The Kier molecular flexibility index (Phi) is 4.64. The molecule has 0 bridgehead atoms. The molecular formula is C14H29N3O. The molecule has 0 amide bonds. The molecule has 2 fully saturated rings. The molecule has 2 aliphatic heterocycles. The summed E-state index contributed by atoms with van der Waals surface area (Å²) in [5, 5.41) is 0. The molecule has 2 atom stereocenters. The minimum atomic E-state index is 0.177. The number of piperazine rings is 1. The predicted molar refractivity (Wildman–Crippen MR) is 74.7 cm³/mol. The lowest BCUT2D eigenvalue weighted by Crippen LogP contribution is -2.63. The Hall–Kier alpha value is -0.160. The van der Waals surface area contributed by atoms with Gasteiger partial charge in [0.05, 0.1) is 12.2 Å². The van der Waals surface area contributed by atoms with Crippen LogP contribution in [0, 0.1) is 0 Å². The van der Waals surface area contributed by atoms with Crippen LogP contribution in [-0.4, -0.2) is 66.8 Å². The van der Waals surface area contributed by atoms with E-state index in [-0.39, 0.29) is 5.54 Å². The maximum atomic E-state index is 6.15. The van der Waals surface area contributed by atoms with E-state index >= 15 is 0 Å². The van der Waals surface area contributed by atoms with Gasteiger partial charge in [-0.1, -0.05) is 6.92 Å². The Morgan fingerprint density at radius 2 is 1.67 bits per heavy atom. The van der Waals surface area contributed by atoms with Crippen molar-refractivity contribution in [2.24, 2.45) is 5.73 Å². The highest BCUT2D eigenvalue weighted by molar-refractivity contribution is 4.99. The quantitative estimate of drug-likeness (QED) is 0.814. The van der Waals surface area contributed by atoms with Crippen molar-refractivity contribution in [2.75, 3.05) is 39.3 Å². The standard InChI is InChI=1S/C14H29N3O/c1-4-16-5-7-17(8-6-16)14(11-15)9-12(2)18-13(3)10-14/h12-13H,4-11,15H2,1-3H3. The summed E-state index contributed by atoms with van der Waals surface area (Å²) in [5.41, 5.74) is 6.33. The lowest BCUT2D eigenvalue weighted by Gasteiger charge is -2.52. The van der Waals surface area contributed by atoms with Crippen LogP contribution in [0.3, 0.4) is 0 Å². The van der Waals surface area contributed by atoms with Crippen molar-refractivity contribution < 1.29 is 4.74 Å². The van der Waals surface area contributed by atoms with Gasteiger partial charge in [0.25, 0.3) is 0 Å². The number of hydrogen-bond acceptors (Lipinski definition) is 4. The molecule has 0 radical (unpaired) electrons. The molecule has 2 unspecified atom stereocenters. The zero-order chi connectivity index (χ0) is 13.2. The molecular weight excluding hydrogens is 226 g/mol. The normalized spacial score (nSPS) is 40.0. The van der Waals surface area contributed by atoms with Crippen molar-refractivity contribution in [1.29, 1.82) is 0 Å². The van der Waals surface area contributed by atoms with Crippen LogP contribution in [0.5, 0.6) is 0 Å². The van der Waals surface area contributed by atoms with Crippen LogP contribution in [0.2, 0.25) is 0 Å². The Labute approximate surface area is 111 Å². The van der Waals surface area contributed by atoms with Crippen molar-refractivity contribution >= 4 is 0 Å². The molecule has 0 aliphatic carbocycles. The minimum absolute atomic E-state index is 0.177. The van der Waals surface area contributed by atoms with Crippen LogP contribution in [0.15, 0.2) is 0 Å². The van der Waals surface area contributed by atoms with Crippen LogP contribution in [0.4, 0.5) is 0 Å². The van der Waals surface area contributed by atoms with Gasteiger partial charge in [0.15, 0.2) is 0 Å². The van der Waals surface area contributed by atoms with Crippen molar-refractivity contribution in [3.8, 4) is 0 Å². The van der Waals surface area contributed by atoms with Crippen LogP contribution < -0.4 is 5.73 Å². The van der Waals surface area contributed by atoms with Crippen LogP contribution in [0.25, 0.3) is 0 Å². The number of hydrogen-bond donors (Lipinski definition) is 1. The highest BCUT2D eigenvalue weighted by Gasteiger charge is 2.42. The van der Waals surface area contributed by atoms with E-state index in [0.717, 1.165) is 32.5 Å². The summed E-state index contributed by atoms with van der Waals surface area (Å²) in [7, 11) is 0. The van der Waals surface area contributed by atoms with E-state index in [0.29, 0.717) is 12.2 Å². The third-order valence-electron chi connectivity index (χ3n) is 4.67. The van der Waals surface area contributed by atoms with Crippen molar-refractivity contribution in [1.82, 2.24) is 9.80 Å². The third kappa shape index (κ3) is 2.87. The van der Waals surface area contributed by atoms with E-state index < -0.39 is 0 Å². The lowest BCUT2D eigenvalue weighted by atomic mass is 9.82.